The zero-order valence-electron chi connectivity index (χ0n) is 17.7. The number of nitrogens with one attached hydrogen (secondary N) is 1. The molecule has 1 aromatic heterocycles. The van der Waals surface area contributed by atoms with Crippen LogP contribution in [0.15, 0.2) is 78.1 Å². The predicted molar refractivity (Wildman–Crippen MR) is 136 cm³/mol. The third-order valence-corrected chi connectivity index (χ3v) is 6.67. The van der Waals surface area contributed by atoms with E-state index in [1.165, 1.54) is 23.9 Å². The number of aromatic nitrogens is 2. The number of rotatable bonds is 8. The quantitative estimate of drug-likeness (QED) is 0.226. The number of carbonyl (C=O) groups is 1. The van der Waals surface area contributed by atoms with E-state index in [0.29, 0.717) is 37.3 Å². The van der Waals surface area contributed by atoms with Crippen LogP contribution >= 0.6 is 46.6 Å². The summed E-state index contributed by atoms with van der Waals surface area (Å²) in [6.45, 7) is -2.92. The van der Waals surface area contributed by atoms with Crippen molar-refractivity contribution in [3.05, 3.63) is 88.0 Å². The van der Waals surface area contributed by atoms with Crippen LogP contribution in [0.1, 0.15) is 0 Å². The number of nitrogens with zero attached hydrogens (tertiary/aromatic N) is 2. The van der Waals surface area contributed by atoms with Gasteiger partial charge in [0.2, 0.25) is 5.91 Å². The normalized spacial score (nSPS) is 11.0. The molecule has 0 aliphatic heterocycles. The van der Waals surface area contributed by atoms with Crippen molar-refractivity contribution in [3.8, 4) is 22.7 Å². The number of ether oxygens (including phenoxy) is 1. The average Bonchev–Trinajstić information content (AvgIpc) is 3.25. The minimum Gasteiger partial charge on any atom is -0.435 e. The van der Waals surface area contributed by atoms with Crippen LogP contribution in [0.4, 0.5) is 14.5 Å². The minimum atomic E-state index is -2.92. The van der Waals surface area contributed by atoms with Crippen molar-refractivity contribution in [2.75, 3.05) is 11.1 Å². The van der Waals surface area contributed by atoms with Gasteiger partial charge in [-0.3, -0.25) is 9.36 Å². The van der Waals surface area contributed by atoms with E-state index in [-0.39, 0.29) is 17.4 Å². The van der Waals surface area contributed by atoms with Crippen molar-refractivity contribution in [2.45, 2.75) is 11.8 Å². The first kappa shape index (κ1) is 25.3. The Kier molecular flexibility index (Phi) is 8.18. The molecule has 4 aromatic rings. The second kappa shape index (κ2) is 11.3. The van der Waals surface area contributed by atoms with Gasteiger partial charge in [0.25, 0.3) is 0 Å². The van der Waals surface area contributed by atoms with E-state index in [0.717, 1.165) is 5.56 Å². The lowest BCUT2D eigenvalue weighted by molar-refractivity contribution is -0.113. The second-order valence-electron chi connectivity index (χ2n) is 7.11. The molecule has 1 amide bonds. The summed E-state index contributed by atoms with van der Waals surface area (Å²) in [6.07, 6.45) is 1.64. The number of hydrogen-bond donors (Lipinski definition) is 1. The van der Waals surface area contributed by atoms with Crippen LogP contribution in [-0.4, -0.2) is 27.8 Å². The number of thioether (sulfide) groups is 1. The number of amides is 1. The third-order valence-electron chi connectivity index (χ3n) is 4.73. The lowest BCUT2D eigenvalue weighted by atomic mass is 10.1. The summed E-state index contributed by atoms with van der Waals surface area (Å²) in [5.74, 6) is -0.132. The van der Waals surface area contributed by atoms with Crippen LogP contribution in [0.3, 0.4) is 0 Å². The Labute approximate surface area is 219 Å². The van der Waals surface area contributed by atoms with Crippen LogP contribution in [0, 0.1) is 0 Å². The van der Waals surface area contributed by atoms with E-state index in [4.69, 9.17) is 34.8 Å². The van der Waals surface area contributed by atoms with E-state index < -0.39 is 6.61 Å². The summed E-state index contributed by atoms with van der Waals surface area (Å²) in [7, 11) is 0. The zero-order chi connectivity index (χ0) is 24.9. The highest BCUT2D eigenvalue weighted by Crippen LogP contribution is 2.34. The van der Waals surface area contributed by atoms with E-state index in [1.54, 1.807) is 65.4 Å². The maximum absolute atomic E-state index is 12.6. The molecule has 0 aliphatic carbocycles. The molecular weight excluding hydrogens is 539 g/mol. The van der Waals surface area contributed by atoms with Crippen LogP contribution in [0.5, 0.6) is 5.75 Å². The van der Waals surface area contributed by atoms with Crippen molar-refractivity contribution in [3.63, 3.8) is 0 Å². The monoisotopic (exact) mass is 553 g/mol. The molecule has 4 rings (SSSR count). The van der Waals surface area contributed by atoms with Crippen LogP contribution in [-0.2, 0) is 4.79 Å². The third kappa shape index (κ3) is 6.46. The predicted octanol–water partition coefficient (Wildman–Crippen LogP) is 7.83. The molecule has 11 heteroatoms. The van der Waals surface area contributed by atoms with Crippen LogP contribution < -0.4 is 10.1 Å². The Morgan fingerprint density at radius 1 is 1.00 bits per heavy atom. The molecule has 0 saturated heterocycles. The van der Waals surface area contributed by atoms with Gasteiger partial charge in [-0.1, -0.05) is 52.6 Å². The highest BCUT2D eigenvalue weighted by atomic mass is 35.5. The standard InChI is InChI=1S/C24H16Cl3F2N3O2S/c25-15-2-4-16(5-3-15)31-22(33)13-35-24-30-12-21(14-1-10-19(26)20(27)11-14)32(24)17-6-8-18(9-7-17)34-23(28)29/h1-12,23H,13H2,(H,31,33). The van der Waals surface area contributed by atoms with Crippen molar-refractivity contribution in [1.82, 2.24) is 9.55 Å². The molecule has 0 spiro atoms. The molecule has 1 heterocycles. The largest absolute Gasteiger partial charge is 0.435 e. The molecule has 5 nitrogen and oxygen atoms in total. The summed E-state index contributed by atoms with van der Waals surface area (Å²) >= 11 is 19.4. The summed E-state index contributed by atoms with van der Waals surface area (Å²) in [4.78, 5) is 17.0. The minimum absolute atomic E-state index is 0.0245. The second-order valence-corrected chi connectivity index (χ2v) is 9.30. The summed E-state index contributed by atoms with van der Waals surface area (Å²) in [5.41, 5.74) is 2.66. The van der Waals surface area contributed by atoms with Crippen molar-refractivity contribution < 1.29 is 18.3 Å². The molecule has 0 unspecified atom stereocenters. The fraction of sp³-hybridized carbons (Fsp3) is 0.0833. The maximum atomic E-state index is 12.6. The molecule has 3 aromatic carbocycles. The zero-order valence-corrected chi connectivity index (χ0v) is 20.8. The van der Waals surface area contributed by atoms with Gasteiger partial charge in [0.05, 0.1) is 27.7 Å². The Morgan fingerprint density at radius 2 is 1.71 bits per heavy atom. The van der Waals surface area contributed by atoms with E-state index in [2.05, 4.69) is 15.0 Å². The molecule has 1 N–H and O–H groups in total. The molecule has 0 atom stereocenters. The number of halogens is 5. The smallest absolute Gasteiger partial charge is 0.387 e. The van der Waals surface area contributed by atoms with Gasteiger partial charge in [-0.05, 0) is 60.7 Å². The first-order chi connectivity index (χ1) is 16.8. The average molecular weight is 555 g/mol. The number of benzene rings is 3. The molecule has 180 valence electrons. The molecule has 0 aliphatic rings. The highest BCUT2D eigenvalue weighted by molar-refractivity contribution is 7.99. The molecular formula is C24H16Cl3F2N3O2S. The van der Waals surface area contributed by atoms with Crippen LogP contribution in [0.25, 0.3) is 16.9 Å². The van der Waals surface area contributed by atoms with Crippen molar-refractivity contribution in [2.24, 2.45) is 0 Å². The topological polar surface area (TPSA) is 56.2 Å². The molecule has 35 heavy (non-hydrogen) atoms. The Morgan fingerprint density at radius 3 is 2.37 bits per heavy atom. The molecule has 0 saturated carbocycles. The first-order valence-corrected chi connectivity index (χ1v) is 12.2. The molecule has 0 bridgehead atoms. The summed E-state index contributed by atoms with van der Waals surface area (Å²) in [6, 6.07) is 18.0. The summed E-state index contributed by atoms with van der Waals surface area (Å²) in [5, 5.41) is 4.66. The Balaban J connectivity index is 1.62. The Hall–Kier alpha value is -2.78. The fourth-order valence-electron chi connectivity index (χ4n) is 3.18. The SMILES string of the molecule is O=C(CSc1ncc(-c2ccc(Cl)c(Cl)c2)n1-c1ccc(OC(F)F)cc1)Nc1ccc(Cl)cc1. The van der Waals surface area contributed by atoms with Crippen molar-refractivity contribution in [1.29, 1.82) is 0 Å². The lowest BCUT2D eigenvalue weighted by Gasteiger charge is -2.13. The first-order valence-electron chi connectivity index (χ1n) is 10.1. The summed E-state index contributed by atoms with van der Waals surface area (Å²) < 4.78 is 31.4. The molecule has 0 radical (unpaired) electrons. The maximum Gasteiger partial charge on any atom is 0.387 e. The number of hydrogen-bond acceptors (Lipinski definition) is 4. The van der Waals surface area contributed by atoms with Gasteiger partial charge in [-0.2, -0.15) is 8.78 Å². The van der Waals surface area contributed by atoms with Gasteiger partial charge in [-0.15, -0.1) is 0 Å². The van der Waals surface area contributed by atoms with Gasteiger partial charge >= 0.3 is 6.61 Å². The highest BCUT2D eigenvalue weighted by Gasteiger charge is 2.17. The van der Waals surface area contributed by atoms with Gasteiger partial charge in [0.1, 0.15) is 5.75 Å². The van der Waals surface area contributed by atoms with Gasteiger partial charge < -0.3 is 10.1 Å². The number of imidazole rings is 1. The fourth-order valence-corrected chi connectivity index (χ4v) is 4.40. The van der Waals surface area contributed by atoms with Gasteiger partial charge in [0.15, 0.2) is 5.16 Å². The van der Waals surface area contributed by atoms with E-state index in [1.807, 2.05) is 0 Å². The van der Waals surface area contributed by atoms with Gasteiger partial charge in [0, 0.05) is 22.0 Å². The number of alkyl halides is 2. The lowest BCUT2D eigenvalue weighted by Crippen LogP contribution is -2.14. The Bertz CT molecular complexity index is 1330. The number of anilines is 1. The van der Waals surface area contributed by atoms with E-state index in [9.17, 15) is 13.6 Å². The van der Waals surface area contributed by atoms with Crippen molar-refractivity contribution >= 4 is 58.2 Å². The van der Waals surface area contributed by atoms with Gasteiger partial charge in [-0.25, -0.2) is 4.98 Å². The van der Waals surface area contributed by atoms with Crippen LogP contribution in [0.2, 0.25) is 15.1 Å². The molecule has 0 fully saturated rings. The van der Waals surface area contributed by atoms with E-state index >= 15 is 0 Å². The number of carbonyl (C=O) groups excluding carboxylic acids is 1.